The first-order valence-electron chi connectivity index (χ1n) is 10.0. The van der Waals surface area contributed by atoms with Gasteiger partial charge in [-0.25, -0.2) is 0 Å². The third kappa shape index (κ3) is 5.78. The Hall–Kier alpha value is -1.91. The van der Waals surface area contributed by atoms with Crippen LogP contribution in [0.4, 0.5) is 0 Å². The molecule has 0 unspecified atom stereocenters. The molecule has 1 aromatic rings. The minimum absolute atomic E-state index is 0.00971. The number of carboxylic acids is 1. The van der Waals surface area contributed by atoms with Gasteiger partial charge >= 0.3 is 5.97 Å². The molecule has 0 spiro atoms. The highest BCUT2D eigenvalue weighted by Gasteiger charge is 2.49. The maximum absolute atomic E-state index is 11.3. The fraction of sp³-hybridized carbons (Fsp3) is 0.682. The molecule has 0 saturated heterocycles. The van der Waals surface area contributed by atoms with Crippen LogP contribution in [-0.2, 0) is 17.6 Å². The summed E-state index contributed by atoms with van der Waals surface area (Å²) in [6.07, 6.45) is 7.85. The van der Waals surface area contributed by atoms with Crippen molar-refractivity contribution in [3.05, 3.63) is 17.2 Å². The quantitative estimate of drug-likeness (QED) is 0.257. The Morgan fingerprint density at radius 2 is 1.56 bits per heavy atom. The van der Waals surface area contributed by atoms with Crippen molar-refractivity contribution in [2.24, 2.45) is 10.8 Å². The Morgan fingerprint density at radius 1 is 0.963 bits per heavy atom. The maximum atomic E-state index is 11.3. The van der Waals surface area contributed by atoms with Crippen molar-refractivity contribution in [1.29, 1.82) is 0 Å². The zero-order valence-electron chi connectivity index (χ0n) is 16.8. The number of hydrogen-bond acceptors (Lipinski definition) is 4. The lowest BCUT2D eigenvalue weighted by Crippen LogP contribution is -2.14. The van der Waals surface area contributed by atoms with E-state index in [-0.39, 0.29) is 22.7 Å². The first-order chi connectivity index (χ1) is 12.6. The van der Waals surface area contributed by atoms with Crippen LogP contribution in [0.5, 0.6) is 17.2 Å². The molecule has 0 amide bonds. The van der Waals surface area contributed by atoms with Crippen molar-refractivity contribution < 1.29 is 25.2 Å². The molecule has 0 atom stereocenters. The van der Waals surface area contributed by atoms with E-state index < -0.39 is 11.4 Å². The van der Waals surface area contributed by atoms with Crippen molar-refractivity contribution in [1.82, 2.24) is 0 Å². The molecule has 0 bridgehead atoms. The molecule has 1 saturated carbocycles. The first kappa shape index (κ1) is 21.4. The van der Waals surface area contributed by atoms with Gasteiger partial charge < -0.3 is 20.4 Å². The zero-order valence-corrected chi connectivity index (χ0v) is 16.8. The van der Waals surface area contributed by atoms with E-state index in [0.717, 1.165) is 44.9 Å². The monoisotopic (exact) mass is 378 g/mol. The smallest absolute Gasteiger partial charge is 0.309 e. The van der Waals surface area contributed by atoms with Gasteiger partial charge in [-0.2, -0.15) is 0 Å². The highest BCUT2D eigenvalue weighted by molar-refractivity contribution is 5.77. The molecule has 1 aromatic carbocycles. The summed E-state index contributed by atoms with van der Waals surface area (Å²) in [7, 11) is 0. The summed E-state index contributed by atoms with van der Waals surface area (Å²) in [6, 6.07) is 1.20. The molecule has 5 heteroatoms. The minimum atomic E-state index is -0.702. The third-order valence-electron chi connectivity index (χ3n) is 5.72. The van der Waals surface area contributed by atoms with Crippen LogP contribution in [0.2, 0.25) is 0 Å². The van der Waals surface area contributed by atoms with E-state index in [2.05, 4.69) is 20.8 Å². The summed E-state index contributed by atoms with van der Waals surface area (Å²) >= 11 is 0. The van der Waals surface area contributed by atoms with Gasteiger partial charge in [0.15, 0.2) is 11.5 Å². The van der Waals surface area contributed by atoms with Gasteiger partial charge in [0, 0.05) is 17.2 Å². The fourth-order valence-corrected chi connectivity index (χ4v) is 3.73. The number of unbranched alkanes of at least 4 members (excludes halogenated alkanes) is 2. The maximum Gasteiger partial charge on any atom is 0.309 e. The number of carboxylic acid groups (broad SMARTS) is 1. The van der Waals surface area contributed by atoms with E-state index in [0.29, 0.717) is 30.4 Å². The second kappa shape index (κ2) is 8.41. The summed E-state index contributed by atoms with van der Waals surface area (Å²) in [5.74, 6) is -1.12. The standard InChI is InChI=1S/C22H34O5/c1-21(2,3)10-6-4-9-16-15(17(23)14-18(24)19(16)25)8-5-7-11-22(12-13-22)20(26)27/h14,23-25H,4-13H2,1-3H3,(H,26,27). The van der Waals surface area contributed by atoms with Crippen LogP contribution in [0, 0.1) is 10.8 Å². The van der Waals surface area contributed by atoms with Gasteiger partial charge in [-0.3, -0.25) is 4.79 Å². The van der Waals surface area contributed by atoms with Gasteiger partial charge in [0.25, 0.3) is 0 Å². The molecule has 0 radical (unpaired) electrons. The van der Waals surface area contributed by atoms with E-state index in [4.69, 9.17) is 0 Å². The molecule has 0 aromatic heterocycles. The zero-order chi connectivity index (χ0) is 20.2. The predicted octanol–water partition coefficient (Wildman–Crippen LogP) is 5.14. The predicted molar refractivity (Wildman–Crippen MR) is 105 cm³/mol. The van der Waals surface area contributed by atoms with Crippen LogP contribution >= 0.6 is 0 Å². The summed E-state index contributed by atoms with van der Waals surface area (Å²) in [6.45, 7) is 6.58. The minimum Gasteiger partial charge on any atom is -0.508 e. The highest BCUT2D eigenvalue weighted by atomic mass is 16.4. The molecule has 152 valence electrons. The largest absolute Gasteiger partial charge is 0.508 e. The Morgan fingerprint density at radius 3 is 2.11 bits per heavy atom. The second-order valence-corrected chi connectivity index (χ2v) is 9.28. The number of benzene rings is 1. The van der Waals surface area contributed by atoms with E-state index in [1.807, 2.05) is 0 Å². The summed E-state index contributed by atoms with van der Waals surface area (Å²) < 4.78 is 0. The number of rotatable bonds is 10. The molecule has 27 heavy (non-hydrogen) atoms. The lowest BCUT2D eigenvalue weighted by atomic mass is 9.88. The number of phenols is 3. The van der Waals surface area contributed by atoms with E-state index in [9.17, 15) is 25.2 Å². The van der Waals surface area contributed by atoms with Crippen LogP contribution in [0.25, 0.3) is 0 Å². The van der Waals surface area contributed by atoms with E-state index >= 15 is 0 Å². The van der Waals surface area contributed by atoms with Crippen LogP contribution in [0.3, 0.4) is 0 Å². The van der Waals surface area contributed by atoms with Gasteiger partial charge in [-0.15, -0.1) is 0 Å². The molecule has 1 aliphatic carbocycles. The van der Waals surface area contributed by atoms with Gasteiger partial charge in [-0.1, -0.05) is 33.6 Å². The van der Waals surface area contributed by atoms with Gasteiger partial charge in [0.05, 0.1) is 5.41 Å². The van der Waals surface area contributed by atoms with Crippen LogP contribution < -0.4 is 0 Å². The van der Waals surface area contributed by atoms with Crippen LogP contribution in [0.15, 0.2) is 6.07 Å². The first-order valence-corrected chi connectivity index (χ1v) is 10.0. The third-order valence-corrected chi connectivity index (χ3v) is 5.72. The fourth-order valence-electron chi connectivity index (χ4n) is 3.73. The number of hydrogen-bond donors (Lipinski definition) is 4. The Balaban J connectivity index is 1.97. The molecule has 4 N–H and O–H groups in total. The van der Waals surface area contributed by atoms with Crippen molar-refractivity contribution in [2.75, 3.05) is 0 Å². The average Bonchev–Trinajstić information content (AvgIpc) is 3.34. The molecular formula is C22H34O5. The topological polar surface area (TPSA) is 98.0 Å². The Kier molecular flexibility index (Phi) is 6.66. The Labute approximate surface area is 162 Å². The van der Waals surface area contributed by atoms with Crippen molar-refractivity contribution in [3.63, 3.8) is 0 Å². The van der Waals surface area contributed by atoms with Crippen LogP contribution in [-0.4, -0.2) is 26.4 Å². The van der Waals surface area contributed by atoms with Gasteiger partial charge in [-0.05, 0) is 56.8 Å². The van der Waals surface area contributed by atoms with Gasteiger partial charge in [0.2, 0.25) is 0 Å². The molecular weight excluding hydrogens is 344 g/mol. The number of carbonyl (C=O) groups is 1. The van der Waals surface area contributed by atoms with E-state index in [1.165, 1.54) is 6.07 Å². The molecule has 5 nitrogen and oxygen atoms in total. The molecule has 2 rings (SSSR count). The van der Waals surface area contributed by atoms with Crippen LogP contribution in [0.1, 0.15) is 83.3 Å². The number of aromatic hydroxyl groups is 3. The van der Waals surface area contributed by atoms with Crippen molar-refractivity contribution in [3.8, 4) is 17.2 Å². The van der Waals surface area contributed by atoms with E-state index in [1.54, 1.807) is 0 Å². The summed E-state index contributed by atoms with van der Waals surface area (Å²) in [5, 5.41) is 39.7. The van der Waals surface area contributed by atoms with Gasteiger partial charge in [0.1, 0.15) is 5.75 Å². The highest BCUT2D eigenvalue weighted by Crippen LogP contribution is 2.50. The molecule has 0 heterocycles. The number of aliphatic carboxylic acids is 1. The lowest BCUT2D eigenvalue weighted by molar-refractivity contribution is -0.143. The Bertz CT molecular complexity index is 668. The number of phenolic OH excluding ortho intramolecular Hbond substituents is 3. The average molecular weight is 379 g/mol. The molecule has 1 aliphatic rings. The second-order valence-electron chi connectivity index (χ2n) is 9.28. The van der Waals surface area contributed by atoms with Crippen molar-refractivity contribution >= 4 is 5.97 Å². The SMILES string of the molecule is CC(C)(C)CCCCc1c(O)c(O)cc(O)c1CCCCC1(C(=O)O)CC1. The molecule has 1 fully saturated rings. The summed E-state index contributed by atoms with van der Waals surface area (Å²) in [4.78, 5) is 11.3. The molecule has 0 aliphatic heterocycles. The lowest BCUT2D eigenvalue weighted by Gasteiger charge is -2.19. The van der Waals surface area contributed by atoms with Crippen molar-refractivity contribution in [2.45, 2.75) is 85.0 Å². The normalized spacial score (nSPS) is 15.7. The summed E-state index contributed by atoms with van der Waals surface area (Å²) in [5.41, 5.74) is 1.05.